The maximum absolute atomic E-state index is 11.3. The molecule has 5 heteroatoms. The Bertz CT molecular complexity index is 198. The highest BCUT2D eigenvalue weighted by molar-refractivity contribution is 9.09. The summed E-state index contributed by atoms with van der Waals surface area (Å²) in [7, 11) is 1.94. The molecule has 90 valence electrons. The number of hydrogen-bond donors (Lipinski definition) is 2. The molecule has 0 spiro atoms. The molecule has 0 atom stereocenters. The van der Waals surface area contributed by atoms with Gasteiger partial charge in [-0.2, -0.15) is 0 Å². The average molecular weight is 281 g/mol. The molecule has 2 N–H and O–H groups in total. The zero-order valence-electron chi connectivity index (χ0n) is 9.72. The van der Waals surface area contributed by atoms with Crippen molar-refractivity contribution in [3.63, 3.8) is 0 Å². The van der Waals surface area contributed by atoms with E-state index in [2.05, 4.69) is 21.2 Å². The van der Waals surface area contributed by atoms with Gasteiger partial charge in [0, 0.05) is 30.4 Å². The summed E-state index contributed by atoms with van der Waals surface area (Å²) >= 11 is 3.22. The van der Waals surface area contributed by atoms with Crippen LogP contribution in [0.5, 0.6) is 0 Å². The van der Waals surface area contributed by atoms with Crippen molar-refractivity contribution in [2.24, 2.45) is 0 Å². The maximum atomic E-state index is 11.3. The van der Waals surface area contributed by atoms with E-state index in [9.17, 15) is 4.79 Å². The molecule has 4 nitrogen and oxygen atoms in total. The average Bonchev–Trinajstić information content (AvgIpc) is 2.16. The van der Waals surface area contributed by atoms with Crippen molar-refractivity contribution in [1.29, 1.82) is 0 Å². The molecule has 1 amide bonds. The van der Waals surface area contributed by atoms with Gasteiger partial charge in [0.15, 0.2) is 0 Å². The summed E-state index contributed by atoms with van der Waals surface area (Å²) in [5.41, 5.74) is -0.134. The number of nitrogens with zero attached hydrogens (tertiary/aromatic N) is 1. The number of nitrogens with one attached hydrogen (secondary N) is 1. The summed E-state index contributed by atoms with van der Waals surface area (Å²) in [5.74, 6) is 0.0531. The normalized spacial score (nSPS) is 11.9. The number of rotatable bonds is 7. The van der Waals surface area contributed by atoms with Gasteiger partial charge in [-0.3, -0.25) is 9.69 Å². The molecule has 0 aromatic carbocycles. The lowest BCUT2D eigenvalue weighted by Gasteiger charge is -2.35. The zero-order valence-corrected chi connectivity index (χ0v) is 11.3. The van der Waals surface area contributed by atoms with E-state index in [0.717, 1.165) is 0 Å². The smallest absolute Gasteiger partial charge is 0.220 e. The van der Waals surface area contributed by atoms with Crippen LogP contribution in [-0.2, 0) is 4.79 Å². The third kappa shape index (κ3) is 6.12. The second-order valence-corrected chi connectivity index (χ2v) is 4.97. The number of aliphatic hydroxyl groups is 1. The van der Waals surface area contributed by atoms with Crippen molar-refractivity contribution in [3.05, 3.63) is 0 Å². The van der Waals surface area contributed by atoms with Gasteiger partial charge in [-0.15, -0.1) is 0 Å². The van der Waals surface area contributed by atoms with E-state index in [1.807, 2.05) is 25.8 Å². The molecular formula is C10H21BrN2O2. The first-order valence-corrected chi connectivity index (χ1v) is 6.21. The second-order valence-electron chi connectivity index (χ2n) is 4.17. The monoisotopic (exact) mass is 280 g/mol. The number of alkyl halides is 1. The van der Waals surface area contributed by atoms with Crippen molar-refractivity contribution >= 4 is 21.8 Å². The van der Waals surface area contributed by atoms with Gasteiger partial charge in [-0.25, -0.2) is 0 Å². The maximum Gasteiger partial charge on any atom is 0.220 e. The Morgan fingerprint density at radius 1 is 1.53 bits per heavy atom. The molecule has 0 radical (unpaired) electrons. The molecule has 0 saturated carbocycles. The van der Waals surface area contributed by atoms with Gasteiger partial charge in [0.25, 0.3) is 0 Å². The van der Waals surface area contributed by atoms with E-state index in [1.54, 1.807) is 0 Å². The fourth-order valence-electron chi connectivity index (χ4n) is 1.08. The largest absolute Gasteiger partial charge is 0.395 e. The molecule has 0 aromatic rings. The number of β-amino-alcohol motifs (C(OH)–C–C–N with tert-alkyl or cyclic N) is 1. The number of likely N-dealkylation sites (N-methyl/N-ethyl adjacent to an activating group) is 1. The van der Waals surface area contributed by atoms with Crippen LogP contribution in [0.25, 0.3) is 0 Å². The third-order valence-electron chi connectivity index (χ3n) is 2.51. The molecule has 15 heavy (non-hydrogen) atoms. The van der Waals surface area contributed by atoms with E-state index >= 15 is 0 Å². The van der Waals surface area contributed by atoms with E-state index in [0.29, 0.717) is 24.8 Å². The SMILES string of the molecule is CN(CCO)C(C)(C)CNC(=O)CCBr. The zero-order chi connectivity index (χ0) is 11.9. The third-order valence-corrected chi connectivity index (χ3v) is 2.90. The van der Waals surface area contributed by atoms with Crippen LogP contribution < -0.4 is 5.32 Å². The van der Waals surface area contributed by atoms with Gasteiger partial charge in [0.1, 0.15) is 0 Å². The van der Waals surface area contributed by atoms with Crippen LogP contribution in [-0.4, -0.2) is 53.5 Å². The standard InChI is InChI=1S/C10H21BrN2O2/c1-10(2,13(3)6-7-14)8-12-9(15)4-5-11/h14H,4-8H2,1-3H3,(H,12,15). The Kier molecular flexibility index (Phi) is 7.13. The van der Waals surface area contributed by atoms with Gasteiger partial charge < -0.3 is 10.4 Å². The van der Waals surface area contributed by atoms with Crippen LogP contribution in [0, 0.1) is 0 Å². The van der Waals surface area contributed by atoms with Crippen LogP contribution in [0.15, 0.2) is 0 Å². The Morgan fingerprint density at radius 2 is 2.13 bits per heavy atom. The summed E-state index contributed by atoms with van der Waals surface area (Å²) in [5, 5.41) is 12.4. The van der Waals surface area contributed by atoms with Crippen molar-refractivity contribution in [1.82, 2.24) is 10.2 Å². The molecule has 0 rings (SSSR count). The highest BCUT2D eigenvalue weighted by atomic mass is 79.9. The van der Waals surface area contributed by atoms with Gasteiger partial charge in [0.2, 0.25) is 5.91 Å². The fraction of sp³-hybridized carbons (Fsp3) is 0.900. The molecule has 0 saturated heterocycles. The number of halogens is 1. The predicted octanol–water partition coefficient (Wildman–Crippen LogP) is 0.590. The minimum absolute atomic E-state index is 0.0531. The quantitative estimate of drug-likeness (QED) is 0.672. The van der Waals surface area contributed by atoms with E-state index in [-0.39, 0.29) is 18.1 Å². The highest BCUT2D eigenvalue weighted by Crippen LogP contribution is 2.10. The van der Waals surface area contributed by atoms with Crippen molar-refractivity contribution in [3.8, 4) is 0 Å². The Morgan fingerprint density at radius 3 is 2.60 bits per heavy atom. The molecule has 0 unspecified atom stereocenters. The summed E-state index contributed by atoms with van der Waals surface area (Å²) in [4.78, 5) is 13.3. The number of aliphatic hydroxyl groups excluding tert-OH is 1. The van der Waals surface area contributed by atoms with Gasteiger partial charge in [0.05, 0.1) is 6.61 Å². The summed E-state index contributed by atoms with van der Waals surface area (Å²) in [6.07, 6.45) is 0.500. The molecule has 0 aromatic heterocycles. The molecule has 0 aliphatic carbocycles. The first kappa shape index (κ1) is 14.9. The lowest BCUT2D eigenvalue weighted by atomic mass is 10.0. The van der Waals surface area contributed by atoms with Crippen LogP contribution >= 0.6 is 15.9 Å². The van der Waals surface area contributed by atoms with Gasteiger partial charge in [-0.1, -0.05) is 15.9 Å². The van der Waals surface area contributed by atoms with Crippen molar-refractivity contribution < 1.29 is 9.90 Å². The van der Waals surface area contributed by atoms with Gasteiger partial charge in [-0.05, 0) is 20.9 Å². The minimum Gasteiger partial charge on any atom is -0.395 e. The predicted molar refractivity (Wildman–Crippen MR) is 65.2 cm³/mol. The summed E-state index contributed by atoms with van der Waals surface area (Å²) in [6, 6.07) is 0. The number of carbonyl (C=O) groups excluding carboxylic acids is 1. The highest BCUT2D eigenvalue weighted by Gasteiger charge is 2.23. The Labute approximate surface area is 100 Å². The molecule has 0 aliphatic heterocycles. The van der Waals surface area contributed by atoms with Crippen molar-refractivity contribution in [2.45, 2.75) is 25.8 Å². The van der Waals surface area contributed by atoms with Crippen LogP contribution in [0.2, 0.25) is 0 Å². The van der Waals surface area contributed by atoms with Crippen LogP contribution in [0.4, 0.5) is 0 Å². The fourth-order valence-corrected chi connectivity index (χ4v) is 1.44. The first-order chi connectivity index (χ1) is 6.94. The molecule has 0 aliphatic rings. The molecule has 0 fully saturated rings. The van der Waals surface area contributed by atoms with E-state index < -0.39 is 0 Å². The first-order valence-electron chi connectivity index (χ1n) is 5.09. The Balaban J connectivity index is 3.97. The molecule has 0 heterocycles. The van der Waals surface area contributed by atoms with Gasteiger partial charge >= 0.3 is 0 Å². The second kappa shape index (κ2) is 7.19. The number of hydrogen-bond acceptors (Lipinski definition) is 3. The molecular weight excluding hydrogens is 260 g/mol. The lowest BCUT2D eigenvalue weighted by molar-refractivity contribution is -0.121. The molecule has 0 bridgehead atoms. The Hall–Kier alpha value is -0.130. The van der Waals surface area contributed by atoms with E-state index in [4.69, 9.17) is 5.11 Å². The number of carbonyl (C=O) groups is 1. The van der Waals surface area contributed by atoms with E-state index in [1.165, 1.54) is 0 Å². The summed E-state index contributed by atoms with van der Waals surface area (Å²) < 4.78 is 0. The van der Waals surface area contributed by atoms with Crippen molar-refractivity contribution in [2.75, 3.05) is 32.1 Å². The number of amides is 1. The van der Waals surface area contributed by atoms with Crippen LogP contribution in [0.3, 0.4) is 0 Å². The minimum atomic E-state index is -0.134. The topological polar surface area (TPSA) is 52.6 Å². The lowest BCUT2D eigenvalue weighted by Crippen LogP contribution is -2.50. The van der Waals surface area contributed by atoms with Crippen LogP contribution in [0.1, 0.15) is 20.3 Å². The summed E-state index contributed by atoms with van der Waals surface area (Å²) in [6.45, 7) is 5.42.